The summed E-state index contributed by atoms with van der Waals surface area (Å²) in [5, 5.41) is 16.4. The van der Waals surface area contributed by atoms with Gasteiger partial charge in [0.05, 0.1) is 16.7 Å². The number of aromatic nitrogens is 1. The molecule has 1 amide bonds. The fourth-order valence-corrected chi connectivity index (χ4v) is 3.89. The molecule has 0 spiro atoms. The average Bonchev–Trinajstić information content (AvgIpc) is 3.26. The number of ether oxygens (including phenoxy) is 1. The van der Waals surface area contributed by atoms with Crippen LogP contribution in [0.4, 0.5) is 15.6 Å². The van der Waals surface area contributed by atoms with Gasteiger partial charge in [0, 0.05) is 36.4 Å². The van der Waals surface area contributed by atoms with Crippen LogP contribution in [0.2, 0.25) is 0 Å². The van der Waals surface area contributed by atoms with E-state index in [1.807, 2.05) is 5.38 Å². The maximum absolute atomic E-state index is 12.5. The second-order valence-electron chi connectivity index (χ2n) is 5.86. The lowest BCUT2D eigenvalue weighted by molar-refractivity contribution is -0.384. The molecule has 1 aromatic heterocycles. The van der Waals surface area contributed by atoms with E-state index < -0.39 is 11.0 Å². The van der Waals surface area contributed by atoms with Crippen LogP contribution in [0, 0.1) is 10.1 Å². The summed E-state index contributed by atoms with van der Waals surface area (Å²) in [5.41, 5.74) is 1.51. The SMILES string of the molecule is CNc1nc([C@@H]2C[C@H](S)CN2C(=O)OCc2ccc([N+](=O)[O-])cc2)cs1. The smallest absolute Gasteiger partial charge is 0.410 e. The number of amides is 1. The van der Waals surface area contributed by atoms with Crippen molar-refractivity contribution in [3.8, 4) is 0 Å². The molecular weight excluding hydrogens is 376 g/mol. The van der Waals surface area contributed by atoms with E-state index in [0.717, 1.165) is 10.8 Å². The van der Waals surface area contributed by atoms with Crippen molar-refractivity contribution in [1.82, 2.24) is 9.88 Å². The topological polar surface area (TPSA) is 97.6 Å². The summed E-state index contributed by atoms with van der Waals surface area (Å²) in [5.74, 6) is 0. The third-order valence-electron chi connectivity index (χ3n) is 4.10. The van der Waals surface area contributed by atoms with E-state index in [1.54, 1.807) is 24.1 Å². The van der Waals surface area contributed by atoms with Gasteiger partial charge in [-0.1, -0.05) is 0 Å². The number of non-ortho nitro benzene ring substituents is 1. The zero-order valence-corrected chi connectivity index (χ0v) is 15.7. The molecule has 2 heterocycles. The van der Waals surface area contributed by atoms with Crippen LogP contribution in [-0.4, -0.2) is 39.7 Å². The van der Waals surface area contributed by atoms with Crippen LogP contribution in [0.1, 0.15) is 23.7 Å². The summed E-state index contributed by atoms with van der Waals surface area (Å²) >= 11 is 5.98. The Balaban J connectivity index is 1.64. The lowest BCUT2D eigenvalue weighted by atomic mass is 10.2. The number of anilines is 1. The first kappa shape index (κ1) is 18.5. The summed E-state index contributed by atoms with van der Waals surface area (Å²) < 4.78 is 5.39. The van der Waals surface area contributed by atoms with Gasteiger partial charge in [0.1, 0.15) is 6.61 Å². The number of benzene rings is 1. The number of thiol groups is 1. The molecule has 1 aromatic carbocycles. The van der Waals surface area contributed by atoms with Gasteiger partial charge in [-0.15, -0.1) is 11.3 Å². The van der Waals surface area contributed by atoms with E-state index in [0.29, 0.717) is 18.5 Å². The first-order valence-electron chi connectivity index (χ1n) is 7.96. The fraction of sp³-hybridized carbons (Fsp3) is 0.375. The molecule has 1 aliphatic heterocycles. The van der Waals surface area contributed by atoms with Gasteiger partial charge in [-0.3, -0.25) is 15.0 Å². The molecule has 2 atom stereocenters. The van der Waals surface area contributed by atoms with Crippen molar-refractivity contribution in [3.63, 3.8) is 0 Å². The van der Waals surface area contributed by atoms with Crippen molar-refractivity contribution in [2.24, 2.45) is 0 Å². The summed E-state index contributed by atoms with van der Waals surface area (Å²) in [6.07, 6.45) is 0.270. The Morgan fingerprint density at radius 3 is 2.85 bits per heavy atom. The Hall–Kier alpha value is -2.33. The third kappa shape index (κ3) is 4.07. The summed E-state index contributed by atoms with van der Waals surface area (Å²) in [4.78, 5) is 28.8. The lowest BCUT2D eigenvalue weighted by Crippen LogP contribution is -2.32. The molecule has 0 radical (unpaired) electrons. The minimum atomic E-state index is -0.468. The van der Waals surface area contributed by atoms with Crippen molar-refractivity contribution in [2.45, 2.75) is 24.3 Å². The highest BCUT2D eigenvalue weighted by Crippen LogP contribution is 2.36. The molecule has 0 saturated carbocycles. The van der Waals surface area contributed by atoms with Crippen molar-refractivity contribution in [1.29, 1.82) is 0 Å². The predicted molar refractivity (Wildman–Crippen MR) is 102 cm³/mol. The highest BCUT2D eigenvalue weighted by atomic mass is 32.1. The minimum Gasteiger partial charge on any atom is -0.445 e. The van der Waals surface area contributed by atoms with Crippen LogP contribution >= 0.6 is 24.0 Å². The molecular formula is C16H18N4O4S2. The van der Waals surface area contributed by atoms with E-state index in [2.05, 4.69) is 22.9 Å². The molecule has 1 aliphatic rings. The molecule has 3 rings (SSSR count). The number of thiazole rings is 1. The second kappa shape index (κ2) is 7.92. The third-order valence-corrected chi connectivity index (χ3v) is 5.35. The average molecular weight is 394 g/mol. The van der Waals surface area contributed by atoms with Crippen LogP contribution in [0.3, 0.4) is 0 Å². The molecule has 2 aromatic rings. The number of carbonyl (C=O) groups excluding carboxylic acids is 1. The lowest BCUT2D eigenvalue weighted by Gasteiger charge is -2.22. The number of hydrogen-bond acceptors (Lipinski definition) is 8. The van der Waals surface area contributed by atoms with Crippen LogP contribution in [0.15, 0.2) is 29.6 Å². The molecule has 26 heavy (non-hydrogen) atoms. The van der Waals surface area contributed by atoms with Gasteiger partial charge < -0.3 is 10.1 Å². The van der Waals surface area contributed by atoms with Gasteiger partial charge in [0.25, 0.3) is 5.69 Å². The quantitative estimate of drug-likeness (QED) is 0.458. The zero-order valence-electron chi connectivity index (χ0n) is 14.0. The number of nitro groups is 1. The van der Waals surface area contributed by atoms with Gasteiger partial charge in [-0.2, -0.15) is 12.6 Å². The highest BCUT2D eigenvalue weighted by molar-refractivity contribution is 7.81. The number of rotatable bonds is 5. The molecule has 10 heteroatoms. The summed E-state index contributed by atoms with van der Waals surface area (Å²) in [6.45, 7) is 0.537. The Morgan fingerprint density at radius 2 is 2.23 bits per heavy atom. The molecule has 0 bridgehead atoms. The maximum atomic E-state index is 12.5. The predicted octanol–water partition coefficient (Wildman–Crippen LogP) is 3.48. The summed E-state index contributed by atoms with van der Waals surface area (Å²) in [7, 11) is 1.80. The number of nitrogens with one attached hydrogen (secondary N) is 1. The largest absolute Gasteiger partial charge is 0.445 e. The van der Waals surface area contributed by atoms with Crippen molar-refractivity contribution in [3.05, 3.63) is 51.0 Å². The molecule has 0 unspecified atom stereocenters. The van der Waals surface area contributed by atoms with Gasteiger partial charge in [-0.05, 0) is 24.1 Å². The van der Waals surface area contributed by atoms with Gasteiger partial charge in [0.15, 0.2) is 5.13 Å². The number of hydrogen-bond donors (Lipinski definition) is 2. The number of nitro benzene ring substituents is 1. The Kier molecular flexibility index (Phi) is 5.62. The van der Waals surface area contributed by atoms with Crippen molar-refractivity contribution in [2.75, 3.05) is 18.9 Å². The Morgan fingerprint density at radius 1 is 1.50 bits per heavy atom. The molecule has 1 fully saturated rings. The number of likely N-dealkylation sites (tertiary alicyclic amines) is 1. The van der Waals surface area contributed by atoms with Gasteiger partial charge in [-0.25, -0.2) is 9.78 Å². The van der Waals surface area contributed by atoms with Crippen LogP contribution in [0.25, 0.3) is 0 Å². The van der Waals surface area contributed by atoms with E-state index in [1.165, 1.54) is 23.5 Å². The number of nitrogens with zero attached hydrogens (tertiary/aromatic N) is 3. The monoisotopic (exact) mass is 394 g/mol. The van der Waals surface area contributed by atoms with Crippen molar-refractivity contribution < 1.29 is 14.5 Å². The molecule has 1 saturated heterocycles. The highest BCUT2D eigenvalue weighted by Gasteiger charge is 2.37. The van der Waals surface area contributed by atoms with E-state index in [-0.39, 0.29) is 23.6 Å². The van der Waals surface area contributed by atoms with E-state index in [4.69, 9.17) is 4.74 Å². The van der Waals surface area contributed by atoms with Crippen molar-refractivity contribution >= 4 is 40.9 Å². The first-order valence-corrected chi connectivity index (χ1v) is 9.35. The second-order valence-corrected chi connectivity index (χ2v) is 7.45. The Bertz CT molecular complexity index is 796. The van der Waals surface area contributed by atoms with Crippen LogP contribution in [0.5, 0.6) is 0 Å². The maximum Gasteiger partial charge on any atom is 0.410 e. The zero-order chi connectivity index (χ0) is 18.7. The molecule has 138 valence electrons. The summed E-state index contributed by atoms with van der Waals surface area (Å²) in [6, 6.07) is 5.77. The van der Waals surface area contributed by atoms with Gasteiger partial charge in [0.2, 0.25) is 0 Å². The Labute approximate surface area is 159 Å². The standard InChI is InChI=1S/C16H18N4O4S2/c1-17-15-18-13(9-26-15)14-6-12(25)7-19(14)16(21)24-8-10-2-4-11(5-3-10)20(22)23/h2-5,9,12,14,25H,6-8H2,1H3,(H,17,18)/t12-,14-/m0/s1. The van der Waals surface area contributed by atoms with E-state index >= 15 is 0 Å². The normalized spacial score (nSPS) is 19.4. The molecule has 0 aliphatic carbocycles. The first-order chi connectivity index (χ1) is 12.5. The van der Waals surface area contributed by atoms with E-state index in [9.17, 15) is 14.9 Å². The van der Waals surface area contributed by atoms with Gasteiger partial charge >= 0.3 is 6.09 Å². The van der Waals surface area contributed by atoms with Crippen LogP contribution in [-0.2, 0) is 11.3 Å². The molecule has 8 nitrogen and oxygen atoms in total. The number of carbonyl (C=O) groups is 1. The molecule has 1 N–H and O–H groups in total. The van der Waals surface area contributed by atoms with Crippen LogP contribution < -0.4 is 5.32 Å². The minimum absolute atomic E-state index is 0.00136. The fourth-order valence-electron chi connectivity index (χ4n) is 2.79.